The molecule has 0 saturated heterocycles. The maximum Gasteiger partial charge on any atom is 0.0364 e. The molecule has 0 radical (unpaired) electrons. The fraction of sp³-hybridized carbons (Fsp3) is 0.455. The Balaban J connectivity index is 0.000000980. The second kappa shape index (κ2) is 4.67. The Labute approximate surface area is 91.7 Å². The van der Waals surface area contributed by atoms with E-state index in [1.165, 1.54) is 23.2 Å². The van der Waals surface area contributed by atoms with Gasteiger partial charge in [0.1, 0.15) is 0 Å². The maximum atomic E-state index is 3.39. The van der Waals surface area contributed by atoms with E-state index in [-0.39, 0.29) is 12.4 Å². The zero-order valence-electron chi connectivity index (χ0n) is 8.71. The molecule has 0 unspecified atom stereocenters. The van der Waals surface area contributed by atoms with E-state index < -0.39 is 0 Å². The third kappa shape index (κ3) is 2.20. The number of rotatable bonds is 1. The van der Waals surface area contributed by atoms with Crippen LogP contribution in [0.25, 0.3) is 0 Å². The van der Waals surface area contributed by atoms with Crippen molar-refractivity contribution in [3.63, 3.8) is 0 Å². The molecule has 0 aliphatic carbocycles. The molecule has 1 aromatic rings. The predicted octanol–water partition coefficient (Wildman–Crippen LogP) is 1.82. The Kier molecular flexibility index (Phi) is 3.78. The lowest BCUT2D eigenvalue weighted by Crippen LogP contribution is -2.24. The van der Waals surface area contributed by atoms with E-state index in [2.05, 4.69) is 42.5 Å². The average Bonchev–Trinajstić information content (AvgIpc) is 2.17. The van der Waals surface area contributed by atoms with Crippen molar-refractivity contribution in [3.05, 3.63) is 29.3 Å². The molecule has 1 N–H and O–H groups in total. The molecule has 1 aliphatic heterocycles. The number of hydrogen-bond donors (Lipinski definition) is 1. The number of hydrogen-bond acceptors (Lipinski definition) is 2. The zero-order valence-corrected chi connectivity index (χ0v) is 9.53. The molecule has 0 aromatic heterocycles. The smallest absolute Gasteiger partial charge is 0.0364 e. The first-order chi connectivity index (χ1) is 6.27. The Morgan fingerprint density at radius 2 is 2.00 bits per heavy atom. The summed E-state index contributed by atoms with van der Waals surface area (Å²) in [5.41, 5.74) is 4.25. The molecule has 78 valence electrons. The van der Waals surface area contributed by atoms with Crippen molar-refractivity contribution < 1.29 is 0 Å². The molecule has 1 aliphatic rings. The third-order valence-corrected chi connectivity index (χ3v) is 2.59. The summed E-state index contributed by atoms with van der Waals surface area (Å²) in [5.74, 6) is 0. The topological polar surface area (TPSA) is 15.3 Å². The maximum absolute atomic E-state index is 3.39. The summed E-state index contributed by atoms with van der Waals surface area (Å²) in [4.78, 5) is 2.15. The van der Waals surface area contributed by atoms with Gasteiger partial charge < -0.3 is 10.2 Å². The fourth-order valence-corrected chi connectivity index (χ4v) is 1.75. The van der Waals surface area contributed by atoms with Gasteiger partial charge in [-0.2, -0.15) is 0 Å². The Morgan fingerprint density at radius 3 is 2.71 bits per heavy atom. The van der Waals surface area contributed by atoms with Crippen molar-refractivity contribution in [1.29, 1.82) is 0 Å². The lowest BCUT2D eigenvalue weighted by molar-refractivity contribution is 0.644. The Hall–Kier alpha value is -0.730. The number of benzene rings is 1. The molecule has 0 saturated carbocycles. The van der Waals surface area contributed by atoms with Gasteiger partial charge in [-0.3, -0.25) is 0 Å². The standard InChI is InChI=1S/C11H16N2.ClH/c1-13(2)11-4-3-9-5-6-12-8-10(9)7-11;/h3-4,7,12H,5-6,8H2,1-2H3;1H. The van der Waals surface area contributed by atoms with Gasteiger partial charge >= 0.3 is 0 Å². The van der Waals surface area contributed by atoms with Crippen molar-refractivity contribution in [3.8, 4) is 0 Å². The monoisotopic (exact) mass is 212 g/mol. The third-order valence-electron chi connectivity index (χ3n) is 2.59. The van der Waals surface area contributed by atoms with Crippen LogP contribution in [-0.4, -0.2) is 20.6 Å². The molecule has 2 nitrogen and oxygen atoms in total. The van der Waals surface area contributed by atoms with E-state index in [9.17, 15) is 0 Å². The summed E-state index contributed by atoms with van der Waals surface area (Å²) < 4.78 is 0. The fourth-order valence-electron chi connectivity index (χ4n) is 1.75. The van der Waals surface area contributed by atoms with Gasteiger partial charge in [-0.05, 0) is 36.2 Å². The number of fused-ring (bicyclic) bond motifs is 1. The normalized spacial score (nSPS) is 14.1. The van der Waals surface area contributed by atoms with Gasteiger partial charge in [0.05, 0.1) is 0 Å². The van der Waals surface area contributed by atoms with Crippen LogP contribution in [0.1, 0.15) is 11.1 Å². The Bertz CT molecular complexity index is 310. The van der Waals surface area contributed by atoms with Crippen LogP contribution in [-0.2, 0) is 13.0 Å². The van der Waals surface area contributed by atoms with E-state index in [1.807, 2.05) is 0 Å². The van der Waals surface area contributed by atoms with Crippen LogP contribution in [0.3, 0.4) is 0 Å². The lowest BCUT2D eigenvalue weighted by Gasteiger charge is -2.20. The predicted molar refractivity (Wildman–Crippen MR) is 63.4 cm³/mol. The minimum absolute atomic E-state index is 0. The molecule has 3 heteroatoms. The van der Waals surface area contributed by atoms with Crippen LogP contribution >= 0.6 is 12.4 Å². The number of nitrogens with one attached hydrogen (secondary N) is 1. The largest absolute Gasteiger partial charge is 0.378 e. The summed E-state index contributed by atoms with van der Waals surface area (Å²) in [5, 5.41) is 3.39. The van der Waals surface area contributed by atoms with Crippen molar-refractivity contribution in [2.75, 3.05) is 25.5 Å². The van der Waals surface area contributed by atoms with Crippen LogP contribution < -0.4 is 10.2 Å². The summed E-state index contributed by atoms with van der Waals surface area (Å²) in [6.45, 7) is 2.14. The van der Waals surface area contributed by atoms with E-state index in [0.717, 1.165) is 13.1 Å². The highest BCUT2D eigenvalue weighted by Crippen LogP contribution is 2.20. The summed E-state index contributed by atoms with van der Waals surface area (Å²) >= 11 is 0. The molecule has 0 spiro atoms. The number of nitrogens with zero attached hydrogens (tertiary/aromatic N) is 1. The van der Waals surface area contributed by atoms with Crippen LogP contribution in [0.4, 0.5) is 5.69 Å². The first-order valence-electron chi connectivity index (χ1n) is 4.77. The van der Waals surface area contributed by atoms with Gasteiger partial charge in [-0.25, -0.2) is 0 Å². The molecule has 0 bridgehead atoms. The van der Waals surface area contributed by atoms with Crippen molar-refractivity contribution >= 4 is 18.1 Å². The van der Waals surface area contributed by atoms with Gasteiger partial charge in [-0.15, -0.1) is 12.4 Å². The van der Waals surface area contributed by atoms with Gasteiger partial charge in [0.2, 0.25) is 0 Å². The molecule has 1 heterocycles. The van der Waals surface area contributed by atoms with Crippen LogP contribution in [0.2, 0.25) is 0 Å². The molecule has 1 aromatic carbocycles. The number of anilines is 1. The quantitative estimate of drug-likeness (QED) is 0.764. The highest BCUT2D eigenvalue weighted by Gasteiger charge is 2.08. The van der Waals surface area contributed by atoms with Crippen molar-refractivity contribution in [1.82, 2.24) is 5.32 Å². The summed E-state index contributed by atoms with van der Waals surface area (Å²) in [7, 11) is 4.16. The molecule has 0 atom stereocenters. The lowest BCUT2D eigenvalue weighted by atomic mass is 10.0. The molecule has 0 amide bonds. The highest BCUT2D eigenvalue weighted by molar-refractivity contribution is 5.85. The van der Waals surface area contributed by atoms with E-state index in [0.29, 0.717) is 0 Å². The number of halogens is 1. The second-order valence-corrected chi connectivity index (χ2v) is 3.77. The minimum Gasteiger partial charge on any atom is -0.378 e. The van der Waals surface area contributed by atoms with Crippen molar-refractivity contribution in [2.45, 2.75) is 13.0 Å². The Morgan fingerprint density at radius 1 is 1.21 bits per heavy atom. The molecular formula is C11H17ClN2. The SMILES string of the molecule is CN(C)c1ccc2c(c1)CNCC2.Cl. The van der Waals surface area contributed by atoms with Gasteiger partial charge in [0.15, 0.2) is 0 Å². The van der Waals surface area contributed by atoms with Crippen molar-refractivity contribution in [2.24, 2.45) is 0 Å². The average molecular weight is 213 g/mol. The molecule has 14 heavy (non-hydrogen) atoms. The summed E-state index contributed by atoms with van der Waals surface area (Å²) in [6.07, 6.45) is 1.17. The first kappa shape index (κ1) is 11.3. The summed E-state index contributed by atoms with van der Waals surface area (Å²) in [6, 6.07) is 6.73. The minimum atomic E-state index is 0. The van der Waals surface area contributed by atoms with E-state index >= 15 is 0 Å². The molecule has 0 fully saturated rings. The van der Waals surface area contributed by atoms with Gasteiger partial charge in [0, 0.05) is 26.3 Å². The van der Waals surface area contributed by atoms with Crippen LogP contribution in [0, 0.1) is 0 Å². The van der Waals surface area contributed by atoms with Gasteiger partial charge in [-0.1, -0.05) is 6.07 Å². The van der Waals surface area contributed by atoms with E-state index in [4.69, 9.17) is 0 Å². The van der Waals surface area contributed by atoms with Crippen LogP contribution in [0.5, 0.6) is 0 Å². The molecule has 2 rings (SSSR count). The highest BCUT2D eigenvalue weighted by atomic mass is 35.5. The molecular weight excluding hydrogens is 196 g/mol. The van der Waals surface area contributed by atoms with Gasteiger partial charge in [0.25, 0.3) is 0 Å². The van der Waals surface area contributed by atoms with Crippen LogP contribution in [0.15, 0.2) is 18.2 Å². The zero-order chi connectivity index (χ0) is 9.26. The first-order valence-corrected chi connectivity index (χ1v) is 4.77. The van der Waals surface area contributed by atoms with E-state index in [1.54, 1.807) is 0 Å². The second-order valence-electron chi connectivity index (χ2n) is 3.77.